The molecule has 7 heteroatoms. The van der Waals surface area contributed by atoms with E-state index >= 15 is 0 Å². The fraction of sp³-hybridized carbons (Fsp3) is 0.167. The zero-order chi connectivity index (χ0) is 17.8. The highest BCUT2D eigenvalue weighted by Gasteiger charge is 2.27. The molecule has 128 valence electrons. The minimum atomic E-state index is -1.08. The van der Waals surface area contributed by atoms with Gasteiger partial charge in [-0.2, -0.15) is 0 Å². The van der Waals surface area contributed by atoms with Crippen LogP contribution in [0, 0.1) is 0 Å². The van der Waals surface area contributed by atoms with Crippen molar-refractivity contribution in [3.8, 4) is 0 Å². The molecule has 1 aliphatic heterocycles. The molecular weight excluding hydrogens is 340 g/mol. The van der Waals surface area contributed by atoms with E-state index in [0.29, 0.717) is 16.2 Å². The Kier molecular flexibility index (Phi) is 5.04. The van der Waals surface area contributed by atoms with Gasteiger partial charge in [-0.25, -0.2) is 9.79 Å². The molecule has 1 aromatic carbocycles. The third-order valence-corrected chi connectivity index (χ3v) is 4.47. The average molecular weight is 356 g/mol. The highest BCUT2D eigenvalue weighted by molar-refractivity contribution is 8.18. The monoisotopic (exact) mass is 356 g/mol. The number of hydrogen-bond acceptors (Lipinski definition) is 5. The van der Waals surface area contributed by atoms with Crippen molar-refractivity contribution in [3.05, 3.63) is 64.5 Å². The van der Waals surface area contributed by atoms with Crippen LogP contribution in [0.1, 0.15) is 30.0 Å². The Labute approximate surface area is 148 Å². The van der Waals surface area contributed by atoms with Crippen LogP contribution in [0.5, 0.6) is 0 Å². The van der Waals surface area contributed by atoms with Crippen molar-refractivity contribution in [1.82, 2.24) is 5.32 Å². The van der Waals surface area contributed by atoms with Gasteiger partial charge < -0.3 is 14.8 Å². The Morgan fingerprint density at radius 3 is 2.72 bits per heavy atom. The second-order valence-electron chi connectivity index (χ2n) is 5.31. The fourth-order valence-corrected chi connectivity index (χ4v) is 3.13. The van der Waals surface area contributed by atoms with Crippen LogP contribution in [-0.2, 0) is 16.0 Å². The van der Waals surface area contributed by atoms with Crippen LogP contribution in [0.2, 0.25) is 0 Å². The molecule has 1 aromatic heterocycles. The minimum Gasteiger partial charge on any atom is -0.479 e. The van der Waals surface area contributed by atoms with E-state index in [0.717, 1.165) is 23.9 Å². The van der Waals surface area contributed by atoms with E-state index in [9.17, 15) is 14.7 Å². The number of furan rings is 1. The van der Waals surface area contributed by atoms with Crippen LogP contribution in [0.25, 0.3) is 6.08 Å². The maximum absolute atomic E-state index is 12.1. The number of rotatable bonds is 5. The molecule has 0 radical (unpaired) electrons. The molecule has 6 nitrogen and oxygen atoms in total. The van der Waals surface area contributed by atoms with Gasteiger partial charge in [-0.3, -0.25) is 4.79 Å². The predicted molar refractivity (Wildman–Crippen MR) is 96.1 cm³/mol. The molecule has 0 unspecified atom stereocenters. The summed E-state index contributed by atoms with van der Waals surface area (Å²) in [4.78, 5) is 28.2. The van der Waals surface area contributed by atoms with Crippen molar-refractivity contribution in [3.63, 3.8) is 0 Å². The van der Waals surface area contributed by atoms with E-state index in [-0.39, 0.29) is 11.1 Å². The van der Waals surface area contributed by atoms with Crippen LogP contribution in [-0.4, -0.2) is 22.2 Å². The first kappa shape index (κ1) is 17.0. The molecule has 2 heterocycles. The SMILES string of the molecule is CCc1ccc(/C=C2\SC(=N[C@H](C(=O)O)c3ccccc3)NC2=O)o1. The number of amides is 1. The van der Waals surface area contributed by atoms with E-state index < -0.39 is 12.0 Å². The summed E-state index contributed by atoms with van der Waals surface area (Å²) in [7, 11) is 0. The largest absolute Gasteiger partial charge is 0.479 e. The number of carbonyl (C=O) groups excluding carboxylic acids is 1. The number of nitrogens with zero attached hydrogens (tertiary/aromatic N) is 1. The summed E-state index contributed by atoms with van der Waals surface area (Å²) in [6, 6.07) is 11.3. The Morgan fingerprint density at radius 2 is 2.08 bits per heavy atom. The summed E-state index contributed by atoms with van der Waals surface area (Å²) in [5.74, 6) is 0.00718. The molecular formula is C18H16N2O4S. The van der Waals surface area contributed by atoms with Crippen LogP contribution in [0.4, 0.5) is 0 Å². The van der Waals surface area contributed by atoms with Gasteiger partial charge >= 0.3 is 5.97 Å². The van der Waals surface area contributed by atoms with E-state index in [1.807, 2.05) is 13.0 Å². The lowest BCUT2D eigenvalue weighted by Crippen LogP contribution is -2.22. The Hall–Kier alpha value is -2.80. The molecule has 2 aromatic rings. The maximum atomic E-state index is 12.1. The second kappa shape index (κ2) is 7.40. The van der Waals surface area contributed by atoms with Gasteiger partial charge in [-0.1, -0.05) is 37.3 Å². The smallest absolute Gasteiger partial charge is 0.333 e. The lowest BCUT2D eigenvalue weighted by molar-refractivity contribution is -0.138. The first-order valence-electron chi connectivity index (χ1n) is 7.72. The van der Waals surface area contributed by atoms with E-state index in [2.05, 4.69) is 10.3 Å². The zero-order valence-corrected chi connectivity index (χ0v) is 14.2. The molecule has 1 aliphatic rings. The summed E-state index contributed by atoms with van der Waals surface area (Å²) in [6.45, 7) is 1.98. The molecule has 0 bridgehead atoms. The van der Waals surface area contributed by atoms with Crippen molar-refractivity contribution in [1.29, 1.82) is 0 Å². The number of hydrogen-bond donors (Lipinski definition) is 2. The highest BCUT2D eigenvalue weighted by Crippen LogP contribution is 2.29. The Bertz CT molecular complexity index is 855. The highest BCUT2D eigenvalue weighted by atomic mass is 32.2. The van der Waals surface area contributed by atoms with Gasteiger partial charge in [0.2, 0.25) is 0 Å². The van der Waals surface area contributed by atoms with Gasteiger partial charge in [0.1, 0.15) is 11.5 Å². The molecule has 3 rings (SSSR count). The summed E-state index contributed by atoms with van der Waals surface area (Å²) in [5, 5.41) is 12.3. The molecule has 25 heavy (non-hydrogen) atoms. The fourth-order valence-electron chi connectivity index (χ4n) is 2.30. The summed E-state index contributed by atoms with van der Waals surface area (Å²) < 4.78 is 5.56. The molecule has 2 N–H and O–H groups in total. The second-order valence-corrected chi connectivity index (χ2v) is 6.34. The normalized spacial score (nSPS) is 18.5. The lowest BCUT2D eigenvalue weighted by atomic mass is 10.1. The average Bonchev–Trinajstić information content (AvgIpc) is 3.20. The van der Waals surface area contributed by atoms with Gasteiger partial charge in [0, 0.05) is 12.5 Å². The number of thioether (sulfide) groups is 1. The van der Waals surface area contributed by atoms with Crippen molar-refractivity contribution in [2.75, 3.05) is 0 Å². The quantitative estimate of drug-likeness (QED) is 0.803. The number of carboxylic acids is 1. The molecule has 1 amide bonds. The molecule has 0 aliphatic carbocycles. The standard InChI is InChI=1S/C18H16N2O4S/c1-2-12-8-9-13(24-12)10-14-16(21)20-18(25-14)19-15(17(22)23)11-6-4-3-5-7-11/h3-10,15H,2H2,1H3,(H,22,23)(H,19,20,21)/b14-10-/t15-/m0/s1. The van der Waals surface area contributed by atoms with Crippen LogP contribution >= 0.6 is 11.8 Å². The van der Waals surface area contributed by atoms with Crippen LogP contribution in [0.15, 0.2) is 56.8 Å². The number of amidine groups is 1. The lowest BCUT2D eigenvalue weighted by Gasteiger charge is -2.08. The number of benzene rings is 1. The number of aliphatic carboxylic acids is 1. The van der Waals surface area contributed by atoms with E-state index in [4.69, 9.17) is 4.42 Å². The summed E-state index contributed by atoms with van der Waals surface area (Å²) >= 11 is 1.10. The third-order valence-electron chi connectivity index (χ3n) is 3.55. The summed E-state index contributed by atoms with van der Waals surface area (Å²) in [6.07, 6.45) is 2.40. The van der Waals surface area contributed by atoms with Crippen molar-refractivity contribution < 1.29 is 19.1 Å². The first-order valence-corrected chi connectivity index (χ1v) is 8.53. The van der Waals surface area contributed by atoms with E-state index in [1.165, 1.54) is 0 Å². The number of nitrogens with one attached hydrogen (secondary N) is 1. The first-order chi connectivity index (χ1) is 12.1. The maximum Gasteiger partial charge on any atom is 0.333 e. The van der Waals surface area contributed by atoms with Crippen molar-refractivity contribution in [2.24, 2.45) is 4.99 Å². The predicted octanol–water partition coefficient (Wildman–Crippen LogP) is 3.23. The minimum absolute atomic E-state index is 0.259. The third kappa shape index (κ3) is 4.00. The molecule has 0 saturated carbocycles. The molecule has 0 spiro atoms. The zero-order valence-electron chi connectivity index (χ0n) is 13.4. The molecule has 1 saturated heterocycles. The molecule has 1 atom stereocenters. The number of carboxylic acid groups (broad SMARTS) is 1. The van der Waals surface area contributed by atoms with Crippen LogP contribution in [0.3, 0.4) is 0 Å². The summed E-state index contributed by atoms with van der Waals surface area (Å²) in [5.41, 5.74) is 0.549. The van der Waals surface area contributed by atoms with Crippen molar-refractivity contribution in [2.45, 2.75) is 19.4 Å². The number of carbonyl (C=O) groups is 2. The van der Waals surface area contributed by atoms with E-state index in [1.54, 1.807) is 42.5 Å². The van der Waals surface area contributed by atoms with Gasteiger partial charge in [0.15, 0.2) is 11.2 Å². The van der Waals surface area contributed by atoms with Gasteiger partial charge in [0.05, 0.1) is 4.91 Å². The Morgan fingerprint density at radius 1 is 1.32 bits per heavy atom. The van der Waals surface area contributed by atoms with Gasteiger partial charge in [0.25, 0.3) is 5.91 Å². The number of aryl methyl sites for hydroxylation is 1. The van der Waals surface area contributed by atoms with Gasteiger partial charge in [-0.15, -0.1) is 0 Å². The number of aliphatic imine (C=N–C) groups is 1. The Balaban J connectivity index is 1.83. The topological polar surface area (TPSA) is 91.9 Å². The van der Waals surface area contributed by atoms with Gasteiger partial charge in [-0.05, 0) is 29.5 Å². The molecule has 1 fully saturated rings. The van der Waals surface area contributed by atoms with Crippen LogP contribution < -0.4 is 5.32 Å². The van der Waals surface area contributed by atoms with Crippen molar-refractivity contribution >= 4 is 34.9 Å².